The van der Waals surface area contributed by atoms with Crippen LogP contribution in [0.3, 0.4) is 0 Å². The predicted molar refractivity (Wildman–Crippen MR) is 88.7 cm³/mol. The number of nitrogens with zero attached hydrogens (tertiary/aromatic N) is 1. The lowest BCUT2D eigenvalue weighted by molar-refractivity contribution is 0.188. The fourth-order valence-corrected chi connectivity index (χ4v) is 2.59. The molecule has 0 saturated heterocycles. The molecule has 1 aliphatic rings. The Labute approximate surface area is 134 Å². The van der Waals surface area contributed by atoms with Crippen LogP contribution >= 0.6 is 0 Å². The summed E-state index contributed by atoms with van der Waals surface area (Å²) in [4.78, 5) is 14.3. The maximum Gasteiger partial charge on any atom is 0.326 e. The second-order valence-corrected chi connectivity index (χ2v) is 5.67. The third kappa shape index (κ3) is 3.28. The van der Waals surface area contributed by atoms with Crippen LogP contribution in [0, 0.1) is 12.7 Å². The van der Waals surface area contributed by atoms with Gasteiger partial charge in [-0.25, -0.2) is 9.18 Å². The highest BCUT2D eigenvalue weighted by Crippen LogP contribution is 2.35. The van der Waals surface area contributed by atoms with Crippen LogP contribution in [0.4, 0.5) is 20.6 Å². The minimum Gasteiger partial charge on any atom is -0.486 e. The number of ether oxygens (including phenoxy) is 1. The van der Waals surface area contributed by atoms with Crippen molar-refractivity contribution in [2.75, 3.05) is 16.8 Å². The van der Waals surface area contributed by atoms with E-state index in [0.29, 0.717) is 18.0 Å². The number of rotatable bonds is 2. The summed E-state index contributed by atoms with van der Waals surface area (Å²) in [7, 11) is 0. The van der Waals surface area contributed by atoms with E-state index in [9.17, 15) is 9.18 Å². The first kappa shape index (κ1) is 15.3. The van der Waals surface area contributed by atoms with Gasteiger partial charge in [-0.15, -0.1) is 0 Å². The third-order valence-corrected chi connectivity index (χ3v) is 3.88. The second-order valence-electron chi connectivity index (χ2n) is 5.67. The van der Waals surface area contributed by atoms with E-state index in [1.165, 1.54) is 12.1 Å². The average Bonchev–Trinajstić information content (AvgIpc) is 2.56. The van der Waals surface area contributed by atoms with E-state index >= 15 is 0 Å². The second kappa shape index (κ2) is 6.28. The summed E-state index contributed by atoms with van der Waals surface area (Å²) in [5, 5.41) is 2.81. The van der Waals surface area contributed by atoms with Gasteiger partial charge in [-0.1, -0.05) is 13.0 Å². The quantitative estimate of drug-likeness (QED) is 0.895. The molecule has 2 amide bonds. The molecule has 0 fully saturated rings. The topological polar surface area (TPSA) is 41.6 Å². The molecular weight excluding hydrogens is 295 g/mol. The Hall–Kier alpha value is -2.56. The molecule has 0 aromatic heterocycles. The molecule has 23 heavy (non-hydrogen) atoms. The lowest BCUT2D eigenvalue weighted by atomic mass is 10.1. The molecule has 0 radical (unpaired) electrons. The van der Waals surface area contributed by atoms with Crippen molar-refractivity contribution < 1.29 is 13.9 Å². The molecule has 2 aromatic carbocycles. The van der Waals surface area contributed by atoms with Crippen molar-refractivity contribution in [2.45, 2.75) is 26.4 Å². The number of aryl methyl sites for hydroxylation is 1. The van der Waals surface area contributed by atoms with Gasteiger partial charge in [-0.2, -0.15) is 0 Å². The first-order chi connectivity index (χ1) is 11.1. The number of benzene rings is 2. The van der Waals surface area contributed by atoms with E-state index in [1.54, 1.807) is 17.0 Å². The monoisotopic (exact) mass is 314 g/mol. The zero-order valence-electron chi connectivity index (χ0n) is 13.2. The summed E-state index contributed by atoms with van der Waals surface area (Å²) in [6.45, 7) is 4.49. The molecule has 3 rings (SSSR count). The molecule has 0 bridgehead atoms. The van der Waals surface area contributed by atoms with Gasteiger partial charge in [-0.3, -0.25) is 4.90 Å². The van der Waals surface area contributed by atoms with Crippen molar-refractivity contribution in [1.29, 1.82) is 0 Å². The van der Waals surface area contributed by atoms with E-state index in [-0.39, 0.29) is 18.0 Å². The van der Waals surface area contributed by atoms with Crippen molar-refractivity contribution >= 4 is 17.4 Å². The number of hydrogen-bond donors (Lipinski definition) is 1. The fourth-order valence-electron chi connectivity index (χ4n) is 2.59. The molecule has 1 heterocycles. The minimum absolute atomic E-state index is 0.0378. The molecule has 0 spiro atoms. The lowest BCUT2D eigenvalue weighted by Gasteiger charge is -2.34. The van der Waals surface area contributed by atoms with Gasteiger partial charge in [0.25, 0.3) is 0 Å². The third-order valence-electron chi connectivity index (χ3n) is 3.88. The van der Waals surface area contributed by atoms with Crippen molar-refractivity contribution in [3.8, 4) is 5.75 Å². The zero-order chi connectivity index (χ0) is 16.4. The van der Waals surface area contributed by atoms with Crippen molar-refractivity contribution in [1.82, 2.24) is 0 Å². The maximum atomic E-state index is 13.0. The Morgan fingerprint density at radius 2 is 2.04 bits per heavy atom. The highest BCUT2D eigenvalue weighted by Gasteiger charge is 2.29. The van der Waals surface area contributed by atoms with E-state index in [4.69, 9.17) is 4.74 Å². The number of carbonyl (C=O) groups excluding carboxylic acids is 1. The van der Waals surface area contributed by atoms with Crippen LogP contribution in [-0.2, 0) is 0 Å². The SMILES string of the molecule is CC[C@H]1CN(C(=O)Nc2ccc(F)cc2)c2cc(C)ccc2O1. The summed E-state index contributed by atoms with van der Waals surface area (Å²) in [6, 6.07) is 11.3. The Morgan fingerprint density at radius 1 is 1.30 bits per heavy atom. The molecule has 120 valence electrons. The maximum absolute atomic E-state index is 13.0. The van der Waals surface area contributed by atoms with E-state index < -0.39 is 0 Å². The van der Waals surface area contributed by atoms with Gasteiger partial charge in [0, 0.05) is 5.69 Å². The number of amides is 2. The normalized spacial score (nSPS) is 16.5. The number of fused-ring (bicyclic) bond motifs is 1. The Morgan fingerprint density at radius 3 is 2.74 bits per heavy atom. The van der Waals surface area contributed by atoms with Crippen LogP contribution in [0.1, 0.15) is 18.9 Å². The number of anilines is 2. The van der Waals surface area contributed by atoms with Crippen molar-refractivity contribution in [2.24, 2.45) is 0 Å². The summed E-state index contributed by atoms with van der Waals surface area (Å²) >= 11 is 0. The van der Waals surface area contributed by atoms with Crippen molar-refractivity contribution in [3.63, 3.8) is 0 Å². The van der Waals surface area contributed by atoms with Gasteiger partial charge >= 0.3 is 6.03 Å². The Bertz CT molecular complexity index is 715. The zero-order valence-corrected chi connectivity index (χ0v) is 13.2. The summed E-state index contributed by atoms with van der Waals surface area (Å²) in [6.07, 6.45) is 0.775. The van der Waals surface area contributed by atoms with Gasteiger partial charge in [0.1, 0.15) is 17.7 Å². The minimum atomic E-state index is -0.332. The van der Waals surface area contributed by atoms with E-state index in [1.807, 2.05) is 32.0 Å². The van der Waals surface area contributed by atoms with Crippen LogP contribution in [-0.4, -0.2) is 18.7 Å². The molecule has 0 unspecified atom stereocenters. The summed E-state index contributed by atoms with van der Waals surface area (Å²) in [5.41, 5.74) is 2.38. The van der Waals surface area contributed by atoms with Crippen LogP contribution in [0.5, 0.6) is 5.75 Å². The van der Waals surface area contributed by atoms with Gasteiger partial charge in [0.05, 0.1) is 12.2 Å². The number of urea groups is 1. The molecule has 5 heteroatoms. The van der Waals surface area contributed by atoms with Gasteiger partial charge in [0.15, 0.2) is 0 Å². The molecule has 1 atom stereocenters. The Balaban J connectivity index is 1.87. The van der Waals surface area contributed by atoms with Crippen molar-refractivity contribution in [3.05, 3.63) is 53.8 Å². The van der Waals surface area contributed by atoms with E-state index in [2.05, 4.69) is 5.32 Å². The number of carbonyl (C=O) groups is 1. The molecule has 4 nitrogen and oxygen atoms in total. The standard InChI is InChI=1S/C18H19FN2O2/c1-3-15-11-21(16-10-12(2)4-9-17(16)23-15)18(22)20-14-7-5-13(19)6-8-14/h4-10,15H,3,11H2,1-2H3,(H,20,22)/t15-/m0/s1. The Kier molecular flexibility index (Phi) is 4.19. The van der Waals surface area contributed by atoms with Crippen LogP contribution in [0.15, 0.2) is 42.5 Å². The van der Waals surface area contributed by atoms with E-state index in [0.717, 1.165) is 17.7 Å². The number of halogens is 1. The molecule has 2 aromatic rings. The van der Waals surface area contributed by atoms with Gasteiger partial charge in [-0.05, 0) is 55.3 Å². The molecule has 1 aliphatic heterocycles. The predicted octanol–water partition coefficient (Wildman–Crippen LogP) is 4.34. The molecule has 1 N–H and O–H groups in total. The number of hydrogen-bond acceptors (Lipinski definition) is 2. The molecular formula is C18H19FN2O2. The van der Waals surface area contributed by atoms with Gasteiger partial charge < -0.3 is 10.1 Å². The summed E-state index contributed by atoms with van der Waals surface area (Å²) in [5.74, 6) is 0.379. The largest absolute Gasteiger partial charge is 0.486 e. The lowest BCUT2D eigenvalue weighted by Crippen LogP contribution is -2.45. The highest BCUT2D eigenvalue weighted by atomic mass is 19.1. The smallest absolute Gasteiger partial charge is 0.326 e. The number of nitrogens with one attached hydrogen (secondary N) is 1. The first-order valence-electron chi connectivity index (χ1n) is 7.68. The molecule has 0 saturated carbocycles. The average molecular weight is 314 g/mol. The summed E-state index contributed by atoms with van der Waals surface area (Å²) < 4.78 is 18.9. The highest BCUT2D eigenvalue weighted by molar-refractivity contribution is 6.03. The first-order valence-corrected chi connectivity index (χ1v) is 7.68. The fraction of sp³-hybridized carbons (Fsp3) is 0.278. The van der Waals surface area contributed by atoms with Crippen LogP contribution in [0.2, 0.25) is 0 Å². The van der Waals surface area contributed by atoms with Crippen LogP contribution < -0.4 is 15.0 Å². The van der Waals surface area contributed by atoms with Gasteiger partial charge in [0.2, 0.25) is 0 Å². The molecule has 0 aliphatic carbocycles. The van der Waals surface area contributed by atoms with Crippen LogP contribution in [0.25, 0.3) is 0 Å².